The summed E-state index contributed by atoms with van der Waals surface area (Å²) in [6, 6.07) is 0. The Kier molecular flexibility index (Phi) is 8.68. The normalized spacial score (nSPS) is 10.4. The van der Waals surface area contributed by atoms with Crippen molar-refractivity contribution in [3.63, 3.8) is 0 Å². The molecule has 64 valence electrons. The van der Waals surface area contributed by atoms with Gasteiger partial charge in [-0.2, -0.15) is 12.6 Å². The fourth-order valence-corrected chi connectivity index (χ4v) is 0.839. The molecule has 1 nitrogen and oxygen atoms in total. The van der Waals surface area contributed by atoms with Crippen molar-refractivity contribution in [2.75, 3.05) is 18.6 Å². The number of hydrogen-bond donors (Lipinski definition) is 1. The first kappa shape index (κ1) is 11.3. The van der Waals surface area contributed by atoms with Crippen LogP contribution in [0.25, 0.3) is 0 Å². The zero-order valence-corrected chi connectivity index (χ0v) is 8.98. The van der Waals surface area contributed by atoms with Crippen LogP contribution in [0.15, 0.2) is 12.2 Å². The van der Waals surface area contributed by atoms with Crippen LogP contribution in [0.1, 0.15) is 6.42 Å². The van der Waals surface area contributed by atoms with Crippen LogP contribution in [0.4, 0.5) is 0 Å². The molecule has 0 saturated heterocycles. The molecule has 0 heterocycles. The molecule has 0 aromatic heterocycles. The van der Waals surface area contributed by atoms with Crippen LogP contribution in [0.3, 0.4) is 0 Å². The van der Waals surface area contributed by atoms with Gasteiger partial charge >= 0.3 is 0 Å². The van der Waals surface area contributed by atoms with Crippen LogP contribution in [-0.2, 0) is 4.74 Å². The van der Waals surface area contributed by atoms with Crippen molar-refractivity contribution in [3.8, 4) is 0 Å². The van der Waals surface area contributed by atoms with Crippen LogP contribution >= 0.6 is 36.6 Å². The van der Waals surface area contributed by atoms with Crippen LogP contribution in [0, 0.1) is 0 Å². The number of hydrogen-bond acceptors (Lipinski definition) is 4. The third kappa shape index (κ3) is 8.23. The van der Waals surface area contributed by atoms with Gasteiger partial charge in [-0.15, -0.1) is 0 Å². The maximum atomic E-state index is 5.12. The van der Waals surface area contributed by atoms with E-state index in [2.05, 4.69) is 12.6 Å². The van der Waals surface area contributed by atoms with Crippen molar-refractivity contribution in [1.29, 1.82) is 0 Å². The maximum Gasteiger partial charge on any atom is 0.220 e. The molecule has 0 aromatic carbocycles. The third-order valence-corrected chi connectivity index (χ3v) is 2.25. The SMILES string of the molecule is CSC(=S)OC/C=C/CCS. The molecule has 0 saturated carbocycles. The van der Waals surface area contributed by atoms with Gasteiger partial charge in [0.15, 0.2) is 0 Å². The van der Waals surface area contributed by atoms with Crippen LogP contribution in [0.5, 0.6) is 0 Å². The number of thiol groups is 1. The molecule has 0 fully saturated rings. The van der Waals surface area contributed by atoms with E-state index < -0.39 is 0 Å². The van der Waals surface area contributed by atoms with Crippen molar-refractivity contribution in [3.05, 3.63) is 12.2 Å². The largest absolute Gasteiger partial charge is 0.474 e. The van der Waals surface area contributed by atoms with Gasteiger partial charge in [0.2, 0.25) is 4.38 Å². The summed E-state index contributed by atoms with van der Waals surface area (Å²) in [6.07, 6.45) is 6.88. The number of rotatable bonds is 4. The summed E-state index contributed by atoms with van der Waals surface area (Å²) in [5, 5.41) is 0. The first-order valence-corrected chi connectivity index (χ1v) is 5.54. The lowest BCUT2D eigenvalue weighted by Crippen LogP contribution is -1.95. The number of thioether (sulfide) groups is 1. The van der Waals surface area contributed by atoms with E-state index in [4.69, 9.17) is 17.0 Å². The van der Waals surface area contributed by atoms with E-state index in [1.807, 2.05) is 18.4 Å². The van der Waals surface area contributed by atoms with Crippen molar-refractivity contribution >= 4 is 41.0 Å². The Morgan fingerprint density at radius 3 is 2.91 bits per heavy atom. The first-order valence-electron chi connectivity index (χ1n) is 3.28. The Balaban J connectivity index is 3.19. The minimum Gasteiger partial charge on any atom is -0.474 e. The second-order valence-corrected chi connectivity index (χ2v) is 3.60. The van der Waals surface area contributed by atoms with Gasteiger partial charge < -0.3 is 4.74 Å². The van der Waals surface area contributed by atoms with Gasteiger partial charge in [0.25, 0.3) is 0 Å². The van der Waals surface area contributed by atoms with E-state index in [-0.39, 0.29) is 0 Å². The molecule has 0 amide bonds. The number of ether oxygens (including phenoxy) is 1. The third-order valence-electron chi connectivity index (χ3n) is 0.927. The van der Waals surface area contributed by atoms with E-state index in [9.17, 15) is 0 Å². The Morgan fingerprint density at radius 2 is 2.36 bits per heavy atom. The molecule has 0 aliphatic heterocycles. The average Bonchev–Trinajstić information content (AvgIpc) is 2.04. The van der Waals surface area contributed by atoms with Crippen LogP contribution in [0.2, 0.25) is 0 Å². The van der Waals surface area contributed by atoms with Gasteiger partial charge in [0.1, 0.15) is 6.61 Å². The monoisotopic (exact) mass is 208 g/mol. The zero-order chi connectivity index (χ0) is 8.53. The molecule has 0 aromatic rings. The van der Waals surface area contributed by atoms with Gasteiger partial charge in [-0.1, -0.05) is 23.9 Å². The van der Waals surface area contributed by atoms with Gasteiger partial charge in [0.05, 0.1) is 0 Å². The fraction of sp³-hybridized carbons (Fsp3) is 0.571. The molecule has 0 atom stereocenters. The molecule has 4 heteroatoms. The molecule has 0 spiro atoms. The molecular formula is C7H12OS3. The quantitative estimate of drug-likeness (QED) is 0.432. The van der Waals surface area contributed by atoms with Crippen LogP contribution in [-0.4, -0.2) is 23.0 Å². The molecule has 0 rings (SSSR count). The maximum absolute atomic E-state index is 5.12. The summed E-state index contributed by atoms with van der Waals surface area (Å²) >= 11 is 10.3. The van der Waals surface area contributed by atoms with Crippen molar-refractivity contribution in [2.45, 2.75) is 6.42 Å². The van der Waals surface area contributed by atoms with Crippen molar-refractivity contribution < 1.29 is 4.74 Å². The van der Waals surface area contributed by atoms with E-state index in [0.29, 0.717) is 11.0 Å². The van der Waals surface area contributed by atoms with Gasteiger partial charge in [-0.3, -0.25) is 0 Å². The lowest BCUT2D eigenvalue weighted by molar-refractivity contribution is 0.370. The Hall–Kier alpha value is 0.330. The Morgan fingerprint density at radius 1 is 1.64 bits per heavy atom. The minimum atomic E-state index is 0.577. The molecule has 0 N–H and O–H groups in total. The highest BCUT2D eigenvalue weighted by Gasteiger charge is 1.88. The lowest BCUT2D eigenvalue weighted by atomic mass is 10.4. The number of allylic oxidation sites excluding steroid dienone is 1. The van der Waals surface area contributed by atoms with Gasteiger partial charge in [-0.05, 0) is 30.6 Å². The highest BCUT2D eigenvalue weighted by atomic mass is 32.2. The molecule has 0 radical (unpaired) electrons. The van der Waals surface area contributed by atoms with E-state index in [1.54, 1.807) is 0 Å². The van der Waals surface area contributed by atoms with Crippen molar-refractivity contribution in [1.82, 2.24) is 0 Å². The average molecular weight is 208 g/mol. The summed E-state index contributed by atoms with van der Waals surface area (Å²) in [5.41, 5.74) is 0. The summed E-state index contributed by atoms with van der Waals surface area (Å²) in [5.74, 6) is 0.878. The topological polar surface area (TPSA) is 9.23 Å². The molecule has 11 heavy (non-hydrogen) atoms. The van der Waals surface area contributed by atoms with Gasteiger partial charge in [-0.25, -0.2) is 0 Å². The Bertz CT molecular complexity index is 134. The lowest BCUT2D eigenvalue weighted by Gasteiger charge is -1.99. The molecular weight excluding hydrogens is 196 g/mol. The summed E-state index contributed by atoms with van der Waals surface area (Å²) in [7, 11) is 0. The van der Waals surface area contributed by atoms with Gasteiger partial charge in [0, 0.05) is 0 Å². The molecule has 0 aliphatic carbocycles. The predicted octanol–water partition coefficient (Wildman–Crippen LogP) is 2.53. The minimum absolute atomic E-state index is 0.577. The molecule has 0 unspecified atom stereocenters. The highest BCUT2D eigenvalue weighted by Crippen LogP contribution is 1.99. The molecule has 0 bridgehead atoms. The summed E-state index contributed by atoms with van der Waals surface area (Å²) in [4.78, 5) is 0. The predicted molar refractivity (Wildman–Crippen MR) is 59.7 cm³/mol. The van der Waals surface area contributed by atoms with Crippen LogP contribution < -0.4 is 0 Å². The zero-order valence-electron chi connectivity index (χ0n) is 6.45. The Labute approximate surface area is 83.0 Å². The summed E-state index contributed by atoms with van der Waals surface area (Å²) in [6.45, 7) is 0.577. The fourth-order valence-electron chi connectivity index (χ4n) is 0.436. The highest BCUT2D eigenvalue weighted by molar-refractivity contribution is 8.22. The second-order valence-electron chi connectivity index (χ2n) is 1.75. The van der Waals surface area contributed by atoms with E-state index >= 15 is 0 Å². The number of thiocarbonyl (C=S) groups is 1. The summed E-state index contributed by atoms with van der Waals surface area (Å²) < 4.78 is 5.72. The van der Waals surface area contributed by atoms with E-state index in [1.165, 1.54) is 11.8 Å². The smallest absolute Gasteiger partial charge is 0.220 e. The second kappa shape index (κ2) is 8.43. The molecule has 0 aliphatic rings. The van der Waals surface area contributed by atoms with Crippen molar-refractivity contribution in [2.24, 2.45) is 0 Å². The van der Waals surface area contributed by atoms with E-state index in [0.717, 1.165) is 12.2 Å². The first-order chi connectivity index (χ1) is 5.31. The standard InChI is InChI=1S/C7H12OS3/c1-11-7(10)8-5-3-2-4-6-9/h2-3,9H,4-6H2,1H3/b3-2+.